The summed E-state index contributed by atoms with van der Waals surface area (Å²) in [6.45, 7) is 1.28. The highest BCUT2D eigenvalue weighted by molar-refractivity contribution is 6.36. The van der Waals surface area contributed by atoms with Crippen molar-refractivity contribution in [2.45, 2.75) is 31.1 Å². The topological polar surface area (TPSA) is 46.6 Å². The fourth-order valence-corrected chi connectivity index (χ4v) is 4.24. The van der Waals surface area contributed by atoms with E-state index in [-0.39, 0.29) is 17.4 Å². The van der Waals surface area contributed by atoms with Crippen LogP contribution in [0.1, 0.15) is 36.0 Å². The number of halogens is 3. The van der Waals surface area contributed by atoms with Crippen molar-refractivity contribution >= 4 is 23.3 Å². The number of ketones is 1. The highest BCUT2D eigenvalue weighted by Gasteiger charge is 2.44. The summed E-state index contributed by atoms with van der Waals surface area (Å²) in [7, 11) is 0. The minimum Gasteiger partial charge on any atom is -0.492 e. The van der Waals surface area contributed by atoms with Crippen LogP contribution in [-0.4, -0.2) is 36.3 Å². The lowest BCUT2D eigenvalue weighted by molar-refractivity contribution is -0.145. The molecule has 2 heterocycles. The standard InChI is InChI=1S/C22H20ClF2NO3/c23-16-4-1-14(2-5-16)11-18(27)21(28)26-9-7-22(8-10-26)13-29-19-12-15(20(24)25)3-6-17(19)22/h1-6,12,20H,7-11,13H2. The van der Waals surface area contributed by atoms with Crippen LogP contribution in [-0.2, 0) is 21.4 Å². The first kappa shape index (κ1) is 19.8. The molecule has 7 heteroatoms. The van der Waals surface area contributed by atoms with Crippen molar-refractivity contribution in [2.75, 3.05) is 19.7 Å². The second-order valence-corrected chi connectivity index (χ2v) is 8.08. The monoisotopic (exact) mass is 419 g/mol. The van der Waals surface area contributed by atoms with Crippen LogP contribution in [0.4, 0.5) is 8.78 Å². The molecular weight excluding hydrogens is 400 g/mol. The number of benzene rings is 2. The summed E-state index contributed by atoms with van der Waals surface area (Å²) in [5, 5.41) is 0.577. The Bertz CT molecular complexity index is 938. The van der Waals surface area contributed by atoms with E-state index in [2.05, 4.69) is 0 Å². The van der Waals surface area contributed by atoms with Crippen LogP contribution < -0.4 is 4.74 Å². The van der Waals surface area contributed by atoms with Gasteiger partial charge >= 0.3 is 0 Å². The smallest absolute Gasteiger partial charge is 0.290 e. The summed E-state index contributed by atoms with van der Waals surface area (Å²) in [5.74, 6) is -0.434. The van der Waals surface area contributed by atoms with E-state index < -0.39 is 18.1 Å². The normalized spacial score (nSPS) is 17.3. The largest absolute Gasteiger partial charge is 0.492 e. The van der Waals surface area contributed by atoms with Gasteiger partial charge < -0.3 is 9.64 Å². The van der Waals surface area contributed by atoms with Crippen molar-refractivity contribution in [1.82, 2.24) is 4.90 Å². The average molecular weight is 420 g/mol. The Morgan fingerprint density at radius 3 is 2.45 bits per heavy atom. The molecule has 0 radical (unpaired) electrons. The molecule has 1 spiro atoms. The van der Waals surface area contributed by atoms with Crippen LogP contribution in [0.5, 0.6) is 5.75 Å². The lowest BCUT2D eigenvalue weighted by atomic mass is 9.74. The number of rotatable bonds is 4. The maximum Gasteiger partial charge on any atom is 0.290 e. The Balaban J connectivity index is 1.40. The molecule has 2 aromatic rings. The van der Waals surface area contributed by atoms with Gasteiger partial charge in [-0.3, -0.25) is 9.59 Å². The molecule has 0 aliphatic carbocycles. The third-order valence-electron chi connectivity index (χ3n) is 5.86. The van der Waals surface area contributed by atoms with Crippen molar-refractivity contribution in [3.05, 3.63) is 64.2 Å². The van der Waals surface area contributed by atoms with E-state index in [9.17, 15) is 18.4 Å². The van der Waals surface area contributed by atoms with Crippen LogP contribution in [0, 0.1) is 0 Å². The molecular formula is C22H20ClF2NO3. The number of likely N-dealkylation sites (tertiary alicyclic amines) is 1. The highest BCUT2D eigenvalue weighted by Crippen LogP contribution is 2.46. The molecule has 1 saturated heterocycles. The zero-order valence-corrected chi connectivity index (χ0v) is 16.4. The molecule has 0 unspecified atom stereocenters. The molecule has 0 saturated carbocycles. The van der Waals surface area contributed by atoms with E-state index in [1.807, 2.05) is 0 Å². The fraction of sp³-hybridized carbons (Fsp3) is 0.364. The van der Waals surface area contributed by atoms with Gasteiger partial charge in [-0.2, -0.15) is 0 Å². The quantitative estimate of drug-likeness (QED) is 0.692. The number of hydrogen-bond donors (Lipinski definition) is 0. The van der Waals surface area contributed by atoms with Crippen molar-refractivity contribution in [2.24, 2.45) is 0 Å². The molecule has 0 N–H and O–H groups in total. The predicted molar refractivity (Wildman–Crippen MR) is 105 cm³/mol. The molecule has 1 fully saturated rings. The number of ether oxygens (including phenoxy) is 1. The number of amides is 1. The summed E-state index contributed by atoms with van der Waals surface area (Å²) in [6, 6.07) is 11.4. The third-order valence-corrected chi connectivity index (χ3v) is 6.11. The van der Waals surface area contributed by atoms with Crippen LogP contribution >= 0.6 is 11.6 Å². The zero-order valence-electron chi connectivity index (χ0n) is 15.7. The lowest BCUT2D eigenvalue weighted by Crippen LogP contribution is -2.48. The molecule has 0 aromatic heterocycles. The van der Waals surface area contributed by atoms with Crippen molar-refractivity contribution in [1.29, 1.82) is 0 Å². The van der Waals surface area contributed by atoms with E-state index in [0.29, 0.717) is 43.3 Å². The second-order valence-electron chi connectivity index (χ2n) is 7.64. The number of carbonyl (C=O) groups excluding carboxylic acids is 2. The van der Waals surface area contributed by atoms with E-state index in [1.165, 1.54) is 12.1 Å². The van der Waals surface area contributed by atoms with E-state index in [0.717, 1.165) is 11.1 Å². The number of piperidine rings is 1. The van der Waals surface area contributed by atoms with Crippen LogP contribution in [0.2, 0.25) is 5.02 Å². The summed E-state index contributed by atoms with van der Waals surface area (Å²) in [5.41, 5.74) is 1.32. The molecule has 4 nitrogen and oxygen atoms in total. The summed E-state index contributed by atoms with van der Waals surface area (Å²) in [4.78, 5) is 26.5. The SMILES string of the molecule is O=C(Cc1ccc(Cl)cc1)C(=O)N1CCC2(CC1)COc1cc(C(F)F)ccc12. The maximum atomic E-state index is 12.9. The molecule has 0 atom stereocenters. The van der Waals surface area contributed by atoms with Gasteiger partial charge in [0.25, 0.3) is 12.3 Å². The fourth-order valence-electron chi connectivity index (χ4n) is 4.12. The Labute approximate surface area is 172 Å². The van der Waals surface area contributed by atoms with Gasteiger partial charge in [0.2, 0.25) is 5.78 Å². The summed E-state index contributed by atoms with van der Waals surface area (Å²) < 4.78 is 31.5. The van der Waals surface area contributed by atoms with Crippen molar-refractivity contribution < 1.29 is 23.1 Å². The van der Waals surface area contributed by atoms with Gasteiger partial charge in [-0.15, -0.1) is 0 Å². The second kappa shape index (κ2) is 7.75. The molecule has 0 bridgehead atoms. The van der Waals surface area contributed by atoms with E-state index >= 15 is 0 Å². The third kappa shape index (κ3) is 3.86. The van der Waals surface area contributed by atoms with Gasteiger partial charge in [0, 0.05) is 41.1 Å². The molecule has 4 rings (SSSR count). The lowest BCUT2D eigenvalue weighted by Gasteiger charge is -2.38. The summed E-state index contributed by atoms with van der Waals surface area (Å²) >= 11 is 5.84. The van der Waals surface area contributed by atoms with Gasteiger partial charge in [0.15, 0.2) is 0 Å². The van der Waals surface area contributed by atoms with E-state index in [1.54, 1.807) is 35.2 Å². The molecule has 2 aromatic carbocycles. The minimum absolute atomic E-state index is 0.0417. The molecule has 2 aliphatic heterocycles. The minimum atomic E-state index is -2.54. The van der Waals surface area contributed by atoms with Gasteiger partial charge in [-0.1, -0.05) is 35.9 Å². The number of fused-ring (bicyclic) bond motifs is 2. The molecule has 29 heavy (non-hydrogen) atoms. The van der Waals surface area contributed by atoms with Gasteiger partial charge in [-0.25, -0.2) is 8.78 Å². The number of alkyl halides is 2. The average Bonchev–Trinajstić information content (AvgIpc) is 3.07. The first-order chi connectivity index (χ1) is 13.9. The Hall–Kier alpha value is -2.47. The summed E-state index contributed by atoms with van der Waals surface area (Å²) in [6.07, 6.45) is -1.23. The van der Waals surface area contributed by atoms with Gasteiger partial charge in [0.05, 0.1) is 6.61 Å². The molecule has 152 valence electrons. The first-order valence-electron chi connectivity index (χ1n) is 9.50. The first-order valence-corrected chi connectivity index (χ1v) is 9.88. The zero-order chi connectivity index (χ0) is 20.6. The Kier molecular flexibility index (Phi) is 5.30. The van der Waals surface area contributed by atoms with Gasteiger partial charge in [-0.05, 0) is 36.6 Å². The number of nitrogens with zero attached hydrogens (tertiary/aromatic N) is 1. The number of Topliss-reactive ketones (excluding diaryl/α,β-unsaturated/α-hetero) is 1. The Morgan fingerprint density at radius 2 is 1.79 bits per heavy atom. The Morgan fingerprint density at radius 1 is 1.10 bits per heavy atom. The van der Waals surface area contributed by atoms with Crippen LogP contribution in [0.25, 0.3) is 0 Å². The van der Waals surface area contributed by atoms with Crippen molar-refractivity contribution in [3.63, 3.8) is 0 Å². The molecule has 1 amide bonds. The van der Waals surface area contributed by atoms with Crippen molar-refractivity contribution in [3.8, 4) is 5.75 Å². The number of carbonyl (C=O) groups is 2. The van der Waals surface area contributed by atoms with Gasteiger partial charge in [0.1, 0.15) is 5.75 Å². The molecule has 2 aliphatic rings. The van der Waals surface area contributed by atoms with Crippen LogP contribution in [0.3, 0.4) is 0 Å². The van der Waals surface area contributed by atoms with Crippen LogP contribution in [0.15, 0.2) is 42.5 Å². The van der Waals surface area contributed by atoms with E-state index in [4.69, 9.17) is 16.3 Å². The predicted octanol–water partition coefficient (Wildman–Crippen LogP) is 4.34. The number of hydrogen-bond acceptors (Lipinski definition) is 3. The maximum absolute atomic E-state index is 12.9. The highest BCUT2D eigenvalue weighted by atomic mass is 35.5.